The molecule has 0 aromatic rings. The Hall–Kier alpha value is -0.0800. The molecule has 2 saturated carbocycles. The molecule has 2 aliphatic carbocycles. The minimum Gasteiger partial charge on any atom is -0.377 e. The van der Waals surface area contributed by atoms with Crippen LogP contribution >= 0.6 is 0 Å². The standard InChI is InChI=1S/C11H19NO/c12-7-9-8-3-6-13-10(8)11(9)4-1-2-5-11/h8-10H,1-7,12H2/t8-,9+,10+/m0/s1. The highest BCUT2D eigenvalue weighted by Gasteiger charge is 2.63. The summed E-state index contributed by atoms with van der Waals surface area (Å²) in [5.41, 5.74) is 6.43. The van der Waals surface area contributed by atoms with Gasteiger partial charge in [-0.05, 0) is 37.6 Å². The molecule has 3 aliphatic rings. The van der Waals surface area contributed by atoms with E-state index in [1.54, 1.807) is 0 Å². The van der Waals surface area contributed by atoms with Crippen LogP contribution in [0, 0.1) is 17.3 Å². The molecule has 0 radical (unpaired) electrons. The fraction of sp³-hybridized carbons (Fsp3) is 1.00. The minimum atomic E-state index is 0.538. The summed E-state index contributed by atoms with van der Waals surface area (Å²) < 4.78 is 5.87. The number of ether oxygens (including phenoxy) is 1. The lowest BCUT2D eigenvalue weighted by molar-refractivity contribution is -0.152. The predicted molar refractivity (Wildman–Crippen MR) is 51.3 cm³/mol. The summed E-state index contributed by atoms with van der Waals surface area (Å²) in [6, 6.07) is 0. The molecule has 0 bridgehead atoms. The molecule has 1 heterocycles. The summed E-state index contributed by atoms with van der Waals surface area (Å²) >= 11 is 0. The van der Waals surface area contributed by atoms with E-state index in [2.05, 4.69) is 0 Å². The van der Waals surface area contributed by atoms with Gasteiger partial charge in [0.05, 0.1) is 6.10 Å². The van der Waals surface area contributed by atoms with Crippen molar-refractivity contribution in [1.82, 2.24) is 0 Å². The van der Waals surface area contributed by atoms with E-state index in [1.165, 1.54) is 32.1 Å². The van der Waals surface area contributed by atoms with Crippen molar-refractivity contribution >= 4 is 0 Å². The highest BCUT2D eigenvalue weighted by molar-refractivity contribution is 5.12. The first-order valence-electron chi connectivity index (χ1n) is 5.70. The fourth-order valence-corrected chi connectivity index (χ4v) is 4.23. The first-order valence-corrected chi connectivity index (χ1v) is 5.70. The zero-order valence-electron chi connectivity index (χ0n) is 8.17. The molecule has 13 heavy (non-hydrogen) atoms. The molecule has 0 unspecified atom stereocenters. The number of rotatable bonds is 1. The zero-order valence-corrected chi connectivity index (χ0v) is 8.17. The summed E-state index contributed by atoms with van der Waals surface area (Å²) in [6.45, 7) is 1.89. The Balaban J connectivity index is 1.85. The van der Waals surface area contributed by atoms with E-state index < -0.39 is 0 Å². The van der Waals surface area contributed by atoms with Crippen molar-refractivity contribution in [3.8, 4) is 0 Å². The van der Waals surface area contributed by atoms with E-state index in [1.807, 2.05) is 0 Å². The highest BCUT2D eigenvalue weighted by Crippen LogP contribution is 2.63. The average molecular weight is 181 g/mol. The Kier molecular flexibility index (Phi) is 1.72. The van der Waals surface area contributed by atoms with Crippen LogP contribution in [0.15, 0.2) is 0 Å². The van der Waals surface area contributed by atoms with Crippen LogP contribution in [-0.4, -0.2) is 19.3 Å². The second-order valence-corrected chi connectivity index (χ2v) is 5.03. The fourth-order valence-electron chi connectivity index (χ4n) is 4.23. The largest absolute Gasteiger partial charge is 0.377 e. The maximum Gasteiger partial charge on any atom is 0.0666 e. The maximum absolute atomic E-state index is 5.89. The first kappa shape index (κ1) is 8.25. The molecule has 3 fully saturated rings. The van der Waals surface area contributed by atoms with Crippen molar-refractivity contribution in [2.24, 2.45) is 23.0 Å². The molecule has 0 amide bonds. The number of fused-ring (bicyclic) bond motifs is 2. The second-order valence-electron chi connectivity index (χ2n) is 5.03. The Labute approximate surface area is 79.8 Å². The van der Waals surface area contributed by atoms with E-state index >= 15 is 0 Å². The Morgan fingerprint density at radius 3 is 2.77 bits per heavy atom. The molecule has 1 aliphatic heterocycles. The molecule has 74 valence electrons. The van der Waals surface area contributed by atoms with Crippen molar-refractivity contribution < 1.29 is 4.74 Å². The van der Waals surface area contributed by atoms with Gasteiger partial charge >= 0.3 is 0 Å². The van der Waals surface area contributed by atoms with Crippen LogP contribution in [0.2, 0.25) is 0 Å². The van der Waals surface area contributed by atoms with Crippen molar-refractivity contribution in [3.05, 3.63) is 0 Å². The summed E-state index contributed by atoms with van der Waals surface area (Å²) in [5, 5.41) is 0. The van der Waals surface area contributed by atoms with Crippen LogP contribution in [0.5, 0.6) is 0 Å². The van der Waals surface area contributed by atoms with Crippen LogP contribution in [0.4, 0.5) is 0 Å². The summed E-state index contributed by atoms with van der Waals surface area (Å²) in [7, 11) is 0. The van der Waals surface area contributed by atoms with Crippen LogP contribution in [0.25, 0.3) is 0 Å². The number of hydrogen-bond donors (Lipinski definition) is 1. The molecule has 3 atom stereocenters. The van der Waals surface area contributed by atoms with E-state index in [4.69, 9.17) is 10.5 Å². The first-order chi connectivity index (χ1) is 6.38. The van der Waals surface area contributed by atoms with E-state index in [-0.39, 0.29) is 0 Å². The topological polar surface area (TPSA) is 35.2 Å². The van der Waals surface area contributed by atoms with Crippen LogP contribution in [0.1, 0.15) is 32.1 Å². The van der Waals surface area contributed by atoms with Gasteiger partial charge in [-0.1, -0.05) is 12.8 Å². The quantitative estimate of drug-likeness (QED) is 0.666. The zero-order chi connectivity index (χ0) is 8.89. The van der Waals surface area contributed by atoms with Crippen molar-refractivity contribution in [1.29, 1.82) is 0 Å². The highest BCUT2D eigenvalue weighted by atomic mass is 16.5. The van der Waals surface area contributed by atoms with Gasteiger partial charge in [0, 0.05) is 12.0 Å². The van der Waals surface area contributed by atoms with Gasteiger partial charge in [0.2, 0.25) is 0 Å². The van der Waals surface area contributed by atoms with Crippen LogP contribution in [-0.2, 0) is 4.74 Å². The smallest absolute Gasteiger partial charge is 0.0666 e. The third-order valence-electron chi connectivity index (χ3n) is 4.75. The number of nitrogens with two attached hydrogens (primary N) is 1. The average Bonchev–Trinajstić information content (AvgIpc) is 2.69. The molecule has 1 spiro atoms. The molecular weight excluding hydrogens is 162 g/mol. The predicted octanol–water partition coefficient (Wildman–Crippen LogP) is 1.54. The van der Waals surface area contributed by atoms with Gasteiger partial charge < -0.3 is 10.5 Å². The SMILES string of the molecule is NC[C@@H]1[C@@H]2CCO[C@H]2C12CCCC2. The summed E-state index contributed by atoms with van der Waals surface area (Å²) in [6.07, 6.45) is 7.45. The van der Waals surface area contributed by atoms with Crippen LogP contribution in [0.3, 0.4) is 0 Å². The molecule has 2 nitrogen and oxygen atoms in total. The van der Waals surface area contributed by atoms with E-state index in [0.717, 1.165) is 25.0 Å². The van der Waals surface area contributed by atoms with Gasteiger partial charge in [0.15, 0.2) is 0 Å². The normalized spacial score (nSPS) is 46.4. The van der Waals surface area contributed by atoms with Crippen molar-refractivity contribution in [2.75, 3.05) is 13.2 Å². The third kappa shape index (κ3) is 0.861. The molecule has 1 saturated heterocycles. The molecule has 0 aromatic heterocycles. The van der Waals surface area contributed by atoms with E-state index in [0.29, 0.717) is 11.5 Å². The van der Waals surface area contributed by atoms with Gasteiger partial charge in [-0.2, -0.15) is 0 Å². The Morgan fingerprint density at radius 1 is 1.31 bits per heavy atom. The van der Waals surface area contributed by atoms with Gasteiger partial charge in [0.1, 0.15) is 0 Å². The lowest BCUT2D eigenvalue weighted by Crippen LogP contribution is -2.60. The maximum atomic E-state index is 5.89. The third-order valence-corrected chi connectivity index (χ3v) is 4.75. The molecule has 2 N–H and O–H groups in total. The lowest BCUT2D eigenvalue weighted by atomic mass is 9.50. The van der Waals surface area contributed by atoms with Crippen LogP contribution < -0.4 is 5.73 Å². The summed E-state index contributed by atoms with van der Waals surface area (Å²) in [5.74, 6) is 1.62. The molecule has 3 rings (SSSR count). The van der Waals surface area contributed by atoms with Crippen molar-refractivity contribution in [2.45, 2.75) is 38.2 Å². The van der Waals surface area contributed by atoms with Gasteiger partial charge in [-0.3, -0.25) is 0 Å². The van der Waals surface area contributed by atoms with Crippen molar-refractivity contribution in [3.63, 3.8) is 0 Å². The van der Waals surface area contributed by atoms with Gasteiger partial charge in [-0.25, -0.2) is 0 Å². The monoisotopic (exact) mass is 181 g/mol. The molecule has 0 aromatic carbocycles. The summed E-state index contributed by atoms with van der Waals surface area (Å²) in [4.78, 5) is 0. The van der Waals surface area contributed by atoms with Gasteiger partial charge in [0.25, 0.3) is 0 Å². The minimum absolute atomic E-state index is 0.538. The Morgan fingerprint density at radius 2 is 2.08 bits per heavy atom. The van der Waals surface area contributed by atoms with E-state index in [9.17, 15) is 0 Å². The second kappa shape index (κ2) is 2.71. The Bertz CT molecular complexity index is 210. The number of hydrogen-bond acceptors (Lipinski definition) is 2. The lowest BCUT2D eigenvalue weighted by Gasteiger charge is -2.56. The molecule has 2 heteroatoms. The van der Waals surface area contributed by atoms with Gasteiger partial charge in [-0.15, -0.1) is 0 Å². The molecular formula is C11H19NO.